The van der Waals surface area contributed by atoms with Crippen molar-refractivity contribution in [1.82, 2.24) is 19.0 Å². The lowest BCUT2D eigenvalue weighted by molar-refractivity contribution is -0.134. The van der Waals surface area contributed by atoms with Gasteiger partial charge in [0.05, 0.1) is 10.9 Å². The predicted octanol–water partition coefficient (Wildman–Crippen LogP) is 2.43. The molecule has 0 aromatic carbocycles. The molecule has 10 heteroatoms. The van der Waals surface area contributed by atoms with Crippen molar-refractivity contribution in [2.75, 3.05) is 65.4 Å². The second-order valence-electron chi connectivity index (χ2n) is 8.92. The SMILES string of the molecule is O=C(CN1CCN(CC2CCCCC2)CC1)N1CCN(S(=O)(=O)c2ccc(Cl)s2)CC1. The van der Waals surface area contributed by atoms with E-state index in [4.69, 9.17) is 11.6 Å². The molecule has 4 rings (SSSR count). The Labute approximate surface area is 195 Å². The van der Waals surface area contributed by atoms with Crippen LogP contribution in [0.25, 0.3) is 0 Å². The van der Waals surface area contributed by atoms with Gasteiger partial charge in [-0.15, -0.1) is 11.3 Å². The molecular formula is C21H33ClN4O3S2. The average molecular weight is 489 g/mol. The molecule has 0 N–H and O–H groups in total. The van der Waals surface area contributed by atoms with Gasteiger partial charge in [0.2, 0.25) is 5.91 Å². The maximum absolute atomic E-state index is 12.8. The number of rotatable bonds is 6. The highest BCUT2D eigenvalue weighted by Gasteiger charge is 2.32. The summed E-state index contributed by atoms with van der Waals surface area (Å²) in [5, 5.41) is 0. The summed E-state index contributed by atoms with van der Waals surface area (Å²) in [6, 6.07) is 3.15. The van der Waals surface area contributed by atoms with Gasteiger partial charge in [0.25, 0.3) is 10.0 Å². The Bertz CT molecular complexity index is 841. The highest BCUT2D eigenvalue weighted by atomic mass is 35.5. The maximum atomic E-state index is 12.8. The summed E-state index contributed by atoms with van der Waals surface area (Å²) >= 11 is 6.97. The van der Waals surface area contributed by atoms with Gasteiger partial charge in [-0.1, -0.05) is 30.9 Å². The first-order chi connectivity index (χ1) is 14.9. The van der Waals surface area contributed by atoms with Crippen molar-refractivity contribution in [2.24, 2.45) is 5.92 Å². The Morgan fingerprint density at radius 2 is 1.58 bits per heavy atom. The topological polar surface area (TPSA) is 64.2 Å². The van der Waals surface area contributed by atoms with Gasteiger partial charge < -0.3 is 9.80 Å². The smallest absolute Gasteiger partial charge is 0.252 e. The Kier molecular flexibility index (Phi) is 7.93. The second-order valence-corrected chi connectivity index (χ2v) is 12.8. The fraction of sp³-hybridized carbons (Fsp3) is 0.762. The van der Waals surface area contributed by atoms with Gasteiger partial charge in [-0.2, -0.15) is 4.31 Å². The monoisotopic (exact) mass is 488 g/mol. The first kappa shape index (κ1) is 23.4. The van der Waals surface area contributed by atoms with E-state index in [9.17, 15) is 13.2 Å². The number of amides is 1. The van der Waals surface area contributed by atoms with Gasteiger partial charge >= 0.3 is 0 Å². The molecule has 1 aliphatic carbocycles. The lowest BCUT2D eigenvalue weighted by atomic mass is 9.89. The van der Waals surface area contributed by atoms with Crippen LogP contribution in [0.15, 0.2) is 16.3 Å². The Morgan fingerprint density at radius 3 is 2.19 bits per heavy atom. The Morgan fingerprint density at radius 1 is 0.935 bits per heavy atom. The van der Waals surface area contributed by atoms with E-state index in [0.29, 0.717) is 37.1 Å². The molecule has 1 amide bonds. The van der Waals surface area contributed by atoms with Gasteiger partial charge in [0, 0.05) is 58.9 Å². The van der Waals surface area contributed by atoms with E-state index in [2.05, 4.69) is 9.80 Å². The Balaban J connectivity index is 1.19. The molecule has 3 heterocycles. The van der Waals surface area contributed by atoms with Crippen LogP contribution >= 0.6 is 22.9 Å². The first-order valence-electron chi connectivity index (χ1n) is 11.4. The molecule has 0 atom stereocenters. The van der Waals surface area contributed by atoms with Gasteiger partial charge in [-0.3, -0.25) is 9.69 Å². The first-order valence-corrected chi connectivity index (χ1v) is 14.0. The van der Waals surface area contributed by atoms with Crippen molar-refractivity contribution in [3.63, 3.8) is 0 Å². The van der Waals surface area contributed by atoms with Crippen LogP contribution in [-0.2, 0) is 14.8 Å². The summed E-state index contributed by atoms with van der Waals surface area (Å²) in [6.07, 6.45) is 6.92. The number of hydrogen-bond donors (Lipinski definition) is 0. The molecule has 2 aliphatic heterocycles. The van der Waals surface area contributed by atoms with E-state index in [1.54, 1.807) is 12.1 Å². The predicted molar refractivity (Wildman–Crippen MR) is 124 cm³/mol. The maximum Gasteiger partial charge on any atom is 0.252 e. The largest absolute Gasteiger partial charge is 0.339 e. The van der Waals surface area contributed by atoms with E-state index < -0.39 is 10.0 Å². The number of sulfonamides is 1. The fourth-order valence-corrected chi connectivity index (χ4v) is 7.96. The third-order valence-corrected chi connectivity index (χ3v) is 10.4. The quantitative estimate of drug-likeness (QED) is 0.615. The van der Waals surface area contributed by atoms with Crippen LogP contribution in [0.5, 0.6) is 0 Å². The molecule has 0 bridgehead atoms. The van der Waals surface area contributed by atoms with Crippen molar-refractivity contribution in [3.05, 3.63) is 16.5 Å². The molecule has 3 fully saturated rings. The van der Waals surface area contributed by atoms with Crippen molar-refractivity contribution < 1.29 is 13.2 Å². The molecule has 0 unspecified atom stereocenters. The number of thiophene rings is 1. The normalized spacial score (nSPS) is 23.3. The number of piperazine rings is 2. The van der Waals surface area contributed by atoms with Crippen molar-refractivity contribution in [2.45, 2.75) is 36.3 Å². The Hall–Kier alpha value is -0.710. The van der Waals surface area contributed by atoms with Crippen LogP contribution in [0.1, 0.15) is 32.1 Å². The molecule has 1 aromatic heterocycles. The summed E-state index contributed by atoms with van der Waals surface area (Å²) in [7, 11) is -3.52. The minimum absolute atomic E-state index is 0.108. The number of carbonyl (C=O) groups is 1. The minimum Gasteiger partial charge on any atom is -0.339 e. The van der Waals surface area contributed by atoms with Crippen LogP contribution < -0.4 is 0 Å². The van der Waals surface area contributed by atoms with Crippen molar-refractivity contribution in [3.8, 4) is 0 Å². The van der Waals surface area contributed by atoms with Gasteiger partial charge in [-0.05, 0) is 30.9 Å². The highest BCUT2D eigenvalue weighted by molar-refractivity contribution is 7.91. The van der Waals surface area contributed by atoms with E-state index in [0.717, 1.165) is 43.4 Å². The lowest BCUT2D eigenvalue weighted by Crippen LogP contribution is -2.54. The molecule has 2 saturated heterocycles. The second kappa shape index (κ2) is 10.5. The van der Waals surface area contributed by atoms with Crippen molar-refractivity contribution in [1.29, 1.82) is 0 Å². The molecule has 174 valence electrons. The van der Waals surface area contributed by atoms with Crippen molar-refractivity contribution >= 4 is 38.9 Å². The number of carbonyl (C=O) groups excluding carboxylic acids is 1. The lowest BCUT2D eigenvalue weighted by Gasteiger charge is -2.38. The standard InChI is InChI=1S/C21H33ClN4O3S2/c22-19-6-7-21(30-19)31(28,29)26-14-12-25(13-15-26)20(27)17-24-10-8-23(9-11-24)16-18-4-2-1-3-5-18/h6-7,18H,1-5,8-17H2. The van der Waals surface area contributed by atoms with Gasteiger partial charge in [0.1, 0.15) is 4.21 Å². The van der Waals surface area contributed by atoms with E-state index in [1.165, 1.54) is 43.0 Å². The minimum atomic E-state index is -3.52. The summed E-state index contributed by atoms with van der Waals surface area (Å²) < 4.78 is 27.7. The number of halogens is 1. The van der Waals surface area contributed by atoms with Crippen LogP contribution in [0.2, 0.25) is 4.34 Å². The van der Waals surface area contributed by atoms with Crippen LogP contribution in [0.4, 0.5) is 0 Å². The zero-order chi connectivity index (χ0) is 21.8. The fourth-order valence-electron chi connectivity index (χ4n) is 4.90. The number of nitrogens with zero attached hydrogens (tertiary/aromatic N) is 4. The van der Waals surface area contributed by atoms with Gasteiger partial charge in [-0.25, -0.2) is 8.42 Å². The number of hydrogen-bond acceptors (Lipinski definition) is 6. The molecule has 1 saturated carbocycles. The average Bonchev–Trinajstić information content (AvgIpc) is 3.23. The third-order valence-electron chi connectivity index (χ3n) is 6.80. The zero-order valence-corrected chi connectivity index (χ0v) is 20.4. The van der Waals surface area contributed by atoms with E-state index >= 15 is 0 Å². The highest BCUT2D eigenvalue weighted by Crippen LogP contribution is 2.28. The molecule has 7 nitrogen and oxygen atoms in total. The van der Waals surface area contributed by atoms with E-state index in [1.807, 2.05) is 4.90 Å². The molecule has 1 aromatic rings. The molecule has 0 spiro atoms. The zero-order valence-electron chi connectivity index (χ0n) is 18.0. The summed E-state index contributed by atoms with van der Waals surface area (Å²) in [4.78, 5) is 19.4. The van der Waals surface area contributed by atoms with Crippen LogP contribution in [0.3, 0.4) is 0 Å². The summed E-state index contributed by atoms with van der Waals surface area (Å²) in [5.74, 6) is 0.969. The van der Waals surface area contributed by atoms with Crippen LogP contribution in [0, 0.1) is 5.92 Å². The summed E-state index contributed by atoms with van der Waals surface area (Å²) in [5.41, 5.74) is 0. The molecule has 3 aliphatic rings. The molecule has 31 heavy (non-hydrogen) atoms. The van der Waals surface area contributed by atoms with E-state index in [-0.39, 0.29) is 10.1 Å². The van der Waals surface area contributed by atoms with Gasteiger partial charge in [0.15, 0.2) is 0 Å². The molecular weight excluding hydrogens is 456 g/mol. The van der Waals surface area contributed by atoms with Crippen LogP contribution in [-0.4, -0.2) is 98.8 Å². The summed E-state index contributed by atoms with van der Waals surface area (Å²) in [6.45, 7) is 7.16. The third kappa shape index (κ3) is 6.00. The molecule has 0 radical (unpaired) electrons.